The number of hydrogen-bond acceptors (Lipinski definition) is 7. The summed E-state index contributed by atoms with van der Waals surface area (Å²) in [6, 6.07) is 11.0. The molecule has 0 spiro atoms. The summed E-state index contributed by atoms with van der Waals surface area (Å²) in [5.74, 6) is 2.07. The molecule has 0 aromatic heterocycles. The van der Waals surface area contributed by atoms with Crippen molar-refractivity contribution in [1.29, 1.82) is 0 Å². The van der Waals surface area contributed by atoms with Gasteiger partial charge < -0.3 is 14.8 Å². The molecule has 10 heteroatoms. The van der Waals surface area contributed by atoms with E-state index in [0.29, 0.717) is 56.3 Å². The second-order valence-corrected chi connectivity index (χ2v) is 14.1. The van der Waals surface area contributed by atoms with Gasteiger partial charge in [0.1, 0.15) is 0 Å². The minimum absolute atomic E-state index is 0.0640. The zero-order valence-electron chi connectivity index (χ0n) is 24.7. The summed E-state index contributed by atoms with van der Waals surface area (Å²) in [5.41, 5.74) is 6.20. The number of thiocarbonyl (C=S) groups is 1. The molecule has 4 aliphatic carbocycles. The number of anilines is 1. The van der Waals surface area contributed by atoms with E-state index < -0.39 is 0 Å². The fourth-order valence-electron chi connectivity index (χ4n) is 7.49. The van der Waals surface area contributed by atoms with Crippen molar-refractivity contribution in [3.8, 4) is 11.5 Å². The highest BCUT2D eigenvalue weighted by Gasteiger charge is 2.55. The minimum Gasteiger partial charge on any atom is -0.490 e. The van der Waals surface area contributed by atoms with Gasteiger partial charge in [0, 0.05) is 5.69 Å². The summed E-state index contributed by atoms with van der Waals surface area (Å²) in [6.45, 7) is 6.09. The molecular formula is C33H37N3O5S2. The highest BCUT2D eigenvalue weighted by Crippen LogP contribution is 2.60. The highest BCUT2D eigenvalue weighted by atomic mass is 32.2. The third kappa shape index (κ3) is 6.17. The van der Waals surface area contributed by atoms with E-state index in [4.69, 9.17) is 21.7 Å². The zero-order chi connectivity index (χ0) is 30.3. The largest absolute Gasteiger partial charge is 0.490 e. The van der Waals surface area contributed by atoms with E-state index in [0.717, 1.165) is 30.4 Å². The number of ether oxygens (including phenoxy) is 2. The van der Waals surface area contributed by atoms with Gasteiger partial charge in [-0.1, -0.05) is 23.9 Å². The predicted octanol–water partition coefficient (Wildman–Crippen LogP) is 6.17. The number of carbonyl (C=O) groups excluding carboxylic acids is 3. The Morgan fingerprint density at radius 3 is 2.35 bits per heavy atom. The molecule has 0 atom stereocenters. The van der Waals surface area contributed by atoms with Crippen molar-refractivity contribution in [1.82, 2.24) is 10.4 Å². The molecule has 1 saturated heterocycles. The van der Waals surface area contributed by atoms with Crippen molar-refractivity contribution in [3.05, 3.63) is 58.0 Å². The molecule has 3 amide bonds. The smallest absolute Gasteiger partial charge is 0.285 e. The third-order valence-electron chi connectivity index (χ3n) is 9.24. The number of thioether (sulfide) groups is 1. The van der Waals surface area contributed by atoms with Gasteiger partial charge in [-0.25, -0.2) is 0 Å². The SMILES string of the molecule is CCOc1cc(/C=C2/SC(=S)N(NC(=O)C34CC5CC(CC(C5)C3)C4)C2=O)ccc1OCC(=O)Nc1ccc(C)c(C)c1. The molecule has 1 heterocycles. The molecule has 8 nitrogen and oxygen atoms in total. The quantitative estimate of drug-likeness (QED) is 0.256. The molecule has 43 heavy (non-hydrogen) atoms. The second-order valence-electron chi connectivity index (χ2n) is 12.4. The van der Waals surface area contributed by atoms with Gasteiger partial charge in [-0.05, 0) is 136 Å². The molecule has 2 aromatic carbocycles. The van der Waals surface area contributed by atoms with Gasteiger partial charge in [0.25, 0.3) is 11.8 Å². The van der Waals surface area contributed by atoms with Gasteiger partial charge in [0.15, 0.2) is 22.4 Å². The number of nitrogens with one attached hydrogen (secondary N) is 2. The lowest BCUT2D eigenvalue weighted by Gasteiger charge is -2.55. The van der Waals surface area contributed by atoms with Gasteiger partial charge in [0.2, 0.25) is 5.91 Å². The lowest BCUT2D eigenvalue weighted by atomic mass is 9.49. The van der Waals surface area contributed by atoms with E-state index >= 15 is 0 Å². The number of rotatable bonds is 9. The van der Waals surface area contributed by atoms with Crippen molar-refractivity contribution in [2.75, 3.05) is 18.5 Å². The van der Waals surface area contributed by atoms with E-state index in [-0.39, 0.29) is 29.7 Å². The first kappa shape index (κ1) is 29.7. The maximum atomic E-state index is 13.6. The van der Waals surface area contributed by atoms with Crippen molar-refractivity contribution in [2.45, 2.75) is 59.3 Å². The lowest BCUT2D eigenvalue weighted by Crippen LogP contribution is -2.57. The normalized spacial score (nSPS) is 26.6. The monoisotopic (exact) mass is 619 g/mol. The topological polar surface area (TPSA) is 97.0 Å². The van der Waals surface area contributed by atoms with Crippen LogP contribution >= 0.6 is 24.0 Å². The first-order chi connectivity index (χ1) is 20.6. The molecule has 2 N–H and O–H groups in total. The van der Waals surface area contributed by atoms with Crippen LogP contribution in [0.3, 0.4) is 0 Å². The van der Waals surface area contributed by atoms with Crippen molar-refractivity contribution in [2.24, 2.45) is 23.2 Å². The first-order valence-corrected chi connectivity index (χ1v) is 16.2. The summed E-state index contributed by atoms with van der Waals surface area (Å²) in [7, 11) is 0. The number of benzene rings is 2. The van der Waals surface area contributed by atoms with E-state index in [2.05, 4.69) is 10.7 Å². The summed E-state index contributed by atoms with van der Waals surface area (Å²) >= 11 is 6.67. The Hall–Kier alpha value is -3.37. The van der Waals surface area contributed by atoms with Gasteiger partial charge in [-0.3, -0.25) is 19.8 Å². The van der Waals surface area contributed by atoms with Crippen LogP contribution in [-0.4, -0.2) is 40.3 Å². The number of nitrogens with zero attached hydrogens (tertiary/aromatic N) is 1. The number of carbonyl (C=O) groups is 3. The minimum atomic E-state index is -0.375. The van der Waals surface area contributed by atoms with Crippen LogP contribution in [0.2, 0.25) is 0 Å². The molecule has 0 radical (unpaired) electrons. The van der Waals surface area contributed by atoms with Crippen molar-refractivity contribution < 1.29 is 23.9 Å². The van der Waals surface area contributed by atoms with Crippen LogP contribution in [0, 0.1) is 37.0 Å². The van der Waals surface area contributed by atoms with Crippen LogP contribution in [0.5, 0.6) is 11.5 Å². The molecule has 5 aliphatic rings. The lowest BCUT2D eigenvalue weighted by molar-refractivity contribution is -0.152. The Morgan fingerprint density at radius 1 is 1.00 bits per heavy atom. The van der Waals surface area contributed by atoms with Crippen molar-refractivity contribution in [3.63, 3.8) is 0 Å². The Kier molecular flexibility index (Phi) is 8.26. The summed E-state index contributed by atoms with van der Waals surface area (Å²) in [4.78, 5) is 39.9. The number of amides is 3. The van der Waals surface area contributed by atoms with Gasteiger partial charge in [-0.15, -0.1) is 0 Å². The summed E-state index contributed by atoms with van der Waals surface area (Å²) < 4.78 is 11.9. The predicted molar refractivity (Wildman–Crippen MR) is 171 cm³/mol. The van der Waals surface area contributed by atoms with Crippen LogP contribution in [0.25, 0.3) is 6.08 Å². The highest BCUT2D eigenvalue weighted by molar-refractivity contribution is 8.26. The molecule has 1 aliphatic heterocycles. The molecule has 7 rings (SSSR count). The molecule has 5 fully saturated rings. The molecule has 4 bridgehead atoms. The Balaban J connectivity index is 1.10. The van der Waals surface area contributed by atoms with Crippen LogP contribution in [0.1, 0.15) is 62.1 Å². The fraction of sp³-hybridized carbons (Fsp3) is 0.455. The summed E-state index contributed by atoms with van der Waals surface area (Å²) in [6.07, 6.45) is 8.19. The zero-order valence-corrected chi connectivity index (χ0v) is 26.4. The average molecular weight is 620 g/mol. The number of hydrogen-bond donors (Lipinski definition) is 2. The van der Waals surface area contributed by atoms with E-state index in [1.807, 2.05) is 39.0 Å². The maximum absolute atomic E-state index is 13.6. The van der Waals surface area contributed by atoms with Gasteiger partial charge >= 0.3 is 0 Å². The standard InChI is InChI=1S/C33H37N3O5S2/c1-4-40-27-13-21(6-8-26(27)41-18-29(37)34-25-7-5-19(2)20(3)9-25)14-28-30(38)36(32(42)43-28)35-31(39)33-15-22-10-23(16-33)12-24(11-22)17-33/h5-9,13-14,22-24H,4,10-12,15-18H2,1-3H3,(H,34,37)(H,35,39)/b28-14+. The number of hydrazine groups is 1. The Morgan fingerprint density at radius 2 is 1.70 bits per heavy atom. The molecule has 226 valence electrons. The van der Waals surface area contributed by atoms with Crippen LogP contribution in [0.15, 0.2) is 41.3 Å². The first-order valence-electron chi connectivity index (χ1n) is 15.0. The van der Waals surface area contributed by atoms with E-state index in [1.165, 1.54) is 36.0 Å². The Labute approximate surface area is 261 Å². The number of aryl methyl sites for hydroxylation is 2. The van der Waals surface area contributed by atoms with Crippen molar-refractivity contribution >= 4 is 57.8 Å². The average Bonchev–Trinajstić information content (AvgIpc) is 3.21. The Bertz CT molecular complexity index is 1480. The van der Waals surface area contributed by atoms with Crippen LogP contribution in [0.4, 0.5) is 5.69 Å². The van der Waals surface area contributed by atoms with Crippen LogP contribution in [-0.2, 0) is 14.4 Å². The van der Waals surface area contributed by atoms with Gasteiger partial charge in [-0.2, -0.15) is 5.01 Å². The second kappa shape index (κ2) is 12.0. The van der Waals surface area contributed by atoms with Crippen LogP contribution < -0.4 is 20.2 Å². The fourth-order valence-corrected chi connectivity index (χ4v) is 8.67. The molecule has 0 unspecified atom stereocenters. The molecule has 2 aromatic rings. The molecular weight excluding hydrogens is 583 g/mol. The van der Waals surface area contributed by atoms with E-state index in [9.17, 15) is 14.4 Å². The maximum Gasteiger partial charge on any atom is 0.285 e. The summed E-state index contributed by atoms with van der Waals surface area (Å²) in [5, 5.41) is 4.09. The van der Waals surface area contributed by atoms with E-state index in [1.54, 1.807) is 24.3 Å². The third-order valence-corrected chi connectivity index (χ3v) is 10.5. The molecule has 4 saturated carbocycles. The van der Waals surface area contributed by atoms with Gasteiger partial charge in [0.05, 0.1) is 16.9 Å².